The van der Waals surface area contributed by atoms with Crippen LogP contribution in [0, 0.1) is 18.7 Å². The van der Waals surface area contributed by atoms with Crippen molar-refractivity contribution in [2.45, 2.75) is 39.7 Å². The molecule has 1 aromatic carbocycles. The van der Waals surface area contributed by atoms with Crippen molar-refractivity contribution in [3.8, 4) is 0 Å². The summed E-state index contributed by atoms with van der Waals surface area (Å²) >= 11 is 0. The summed E-state index contributed by atoms with van der Waals surface area (Å²) in [6.07, 6.45) is 2.11. The number of amides is 1. The van der Waals surface area contributed by atoms with Crippen LogP contribution in [-0.4, -0.2) is 36.5 Å². The number of likely N-dealkylation sites (tertiary alicyclic amines) is 1. The lowest BCUT2D eigenvalue weighted by molar-refractivity contribution is 0.0667. The maximum atomic E-state index is 14.1. The Morgan fingerprint density at radius 3 is 2.95 bits per heavy atom. The molecule has 21 heavy (non-hydrogen) atoms. The van der Waals surface area contributed by atoms with Gasteiger partial charge in [0.15, 0.2) is 0 Å². The van der Waals surface area contributed by atoms with Crippen molar-refractivity contribution in [3.05, 3.63) is 35.1 Å². The molecule has 0 saturated carbocycles. The Hall–Kier alpha value is -1.42. The molecule has 1 N–H and O–H groups in total. The van der Waals surface area contributed by atoms with Gasteiger partial charge in [0.05, 0.1) is 5.56 Å². The maximum absolute atomic E-state index is 14.1. The number of carbonyl (C=O) groups excluding carboxylic acids is 1. The van der Waals surface area contributed by atoms with Crippen molar-refractivity contribution in [3.63, 3.8) is 0 Å². The Morgan fingerprint density at radius 1 is 1.48 bits per heavy atom. The molecule has 1 heterocycles. The number of carbonyl (C=O) groups is 1. The molecule has 1 saturated heterocycles. The van der Waals surface area contributed by atoms with Crippen LogP contribution in [0.25, 0.3) is 0 Å². The van der Waals surface area contributed by atoms with Crippen LogP contribution in [0.5, 0.6) is 0 Å². The molecule has 0 spiro atoms. The first-order chi connectivity index (χ1) is 9.99. The fourth-order valence-corrected chi connectivity index (χ4v) is 2.80. The van der Waals surface area contributed by atoms with Crippen molar-refractivity contribution >= 4 is 5.91 Å². The Bertz CT molecular complexity index is 502. The van der Waals surface area contributed by atoms with E-state index in [-0.39, 0.29) is 17.3 Å². The summed E-state index contributed by atoms with van der Waals surface area (Å²) in [5, 5.41) is 3.42. The first-order valence-corrected chi connectivity index (χ1v) is 7.76. The van der Waals surface area contributed by atoms with Gasteiger partial charge in [-0.25, -0.2) is 4.39 Å². The smallest absolute Gasteiger partial charge is 0.256 e. The van der Waals surface area contributed by atoms with Gasteiger partial charge in [0.25, 0.3) is 5.91 Å². The van der Waals surface area contributed by atoms with E-state index in [4.69, 9.17) is 0 Å². The fraction of sp³-hybridized carbons (Fsp3) is 0.588. The second-order valence-electron chi connectivity index (χ2n) is 6.26. The second-order valence-corrected chi connectivity index (χ2v) is 6.26. The van der Waals surface area contributed by atoms with Gasteiger partial charge in [-0.3, -0.25) is 4.79 Å². The van der Waals surface area contributed by atoms with E-state index in [1.54, 1.807) is 30.0 Å². The summed E-state index contributed by atoms with van der Waals surface area (Å²) in [6.45, 7) is 8.29. The number of nitrogens with one attached hydrogen (secondary N) is 1. The zero-order valence-corrected chi connectivity index (χ0v) is 13.2. The average Bonchev–Trinajstić information content (AvgIpc) is 2.47. The predicted molar refractivity (Wildman–Crippen MR) is 82.9 cm³/mol. The second kappa shape index (κ2) is 7.03. The molecule has 3 nitrogen and oxygen atoms in total. The van der Waals surface area contributed by atoms with Gasteiger partial charge >= 0.3 is 0 Å². The standard InChI is InChI=1S/C17H25FN2O/c1-12(2)19-10-14-7-5-9-20(11-14)17(21)15-8-4-6-13(3)16(15)18/h4,6,8,12,14,19H,5,7,9-11H2,1-3H3. The quantitative estimate of drug-likeness (QED) is 0.925. The van der Waals surface area contributed by atoms with E-state index in [1.165, 1.54) is 0 Å². The summed E-state index contributed by atoms with van der Waals surface area (Å²) in [5.41, 5.74) is 0.725. The van der Waals surface area contributed by atoms with Crippen molar-refractivity contribution in [2.24, 2.45) is 5.92 Å². The first kappa shape index (κ1) is 16.0. The normalized spacial score (nSPS) is 19.1. The minimum atomic E-state index is -0.384. The van der Waals surface area contributed by atoms with Crippen molar-refractivity contribution in [1.29, 1.82) is 0 Å². The van der Waals surface area contributed by atoms with Gasteiger partial charge in [-0.2, -0.15) is 0 Å². The Kier molecular flexibility index (Phi) is 5.34. The van der Waals surface area contributed by atoms with Gasteiger partial charge in [-0.1, -0.05) is 26.0 Å². The summed E-state index contributed by atoms with van der Waals surface area (Å²) in [6, 6.07) is 5.47. The monoisotopic (exact) mass is 292 g/mol. The number of halogens is 1. The minimum absolute atomic E-state index is 0.176. The molecule has 0 radical (unpaired) electrons. The van der Waals surface area contributed by atoms with Crippen molar-refractivity contribution in [1.82, 2.24) is 10.2 Å². The van der Waals surface area contributed by atoms with Crippen LogP contribution in [0.4, 0.5) is 4.39 Å². The molecule has 1 aliphatic heterocycles. The van der Waals surface area contributed by atoms with Crippen LogP contribution in [0.3, 0.4) is 0 Å². The highest BCUT2D eigenvalue weighted by atomic mass is 19.1. The SMILES string of the molecule is Cc1cccc(C(=O)N2CCCC(CNC(C)C)C2)c1F. The van der Waals surface area contributed by atoms with Gasteiger partial charge < -0.3 is 10.2 Å². The molecular formula is C17H25FN2O. The number of nitrogens with zero attached hydrogens (tertiary/aromatic N) is 1. The summed E-state index contributed by atoms with van der Waals surface area (Å²) in [7, 11) is 0. The molecule has 116 valence electrons. The van der Waals surface area contributed by atoms with Gasteiger partial charge in [-0.05, 0) is 43.9 Å². The molecule has 0 aliphatic carbocycles. The van der Waals surface area contributed by atoms with E-state index in [2.05, 4.69) is 19.2 Å². The zero-order valence-electron chi connectivity index (χ0n) is 13.2. The van der Waals surface area contributed by atoms with E-state index < -0.39 is 0 Å². The van der Waals surface area contributed by atoms with E-state index in [1.807, 2.05) is 0 Å². The lowest BCUT2D eigenvalue weighted by Gasteiger charge is -2.33. The van der Waals surface area contributed by atoms with Gasteiger partial charge in [0, 0.05) is 19.1 Å². The van der Waals surface area contributed by atoms with Crippen LogP contribution in [0.1, 0.15) is 42.6 Å². The van der Waals surface area contributed by atoms with Crippen LogP contribution >= 0.6 is 0 Å². The number of rotatable bonds is 4. The third-order valence-electron chi connectivity index (χ3n) is 4.04. The molecule has 1 aliphatic rings. The van der Waals surface area contributed by atoms with Crippen molar-refractivity contribution in [2.75, 3.05) is 19.6 Å². The van der Waals surface area contributed by atoms with Crippen LogP contribution in [0.2, 0.25) is 0 Å². The van der Waals surface area contributed by atoms with E-state index >= 15 is 0 Å². The molecule has 1 atom stereocenters. The van der Waals surface area contributed by atoms with Crippen LogP contribution in [-0.2, 0) is 0 Å². The Labute approximate surface area is 126 Å². The average molecular weight is 292 g/mol. The highest BCUT2D eigenvalue weighted by Gasteiger charge is 2.26. The minimum Gasteiger partial charge on any atom is -0.338 e. The van der Waals surface area contributed by atoms with Crippen LogP contribution in [0.15, 0.2) is 18.2 Å². The molecule has 1 unspecified atom stereocenters. The number of aryl methyl sites for hydroxylation is 1. The van der Waals surface area contributed by atoms with Gasteiger partial charge in [0.1, 0.15) is 5.82 Å². The van der Waals surface area contributed by atoms with Gasteiger partial charge in [0.2, 0.25) is 0 Å². The summed E-state index contributed by atoms with van der Waals surface area (Å²) in [4.78, 5) is 14.3. The number of hydrogen-bond acceptors (Lipinski definition) is 2. The third-order valence-corrected chi connectivity index (χ3v) is 4.04. The third kappa shape index (κ3) is 4.03. The molecule has 0 aromatic heterocycles. The number of piperidine rings is 1. The molecule has 1 fully saturated rings. The Balaban J connectivity index is 2.03. The predicted octanol–water partition coefficient (Wildman–Crippen LogP) is 2.98. The molecule has 1 amide bonds. The summed E-state index contributed by atoms with van der Waals surface area (Å²) in [5.74, 6) is -0.103. The molecule has 0 bridgehead atoms. The van der Waals surface area contributed by atoms with E-state index in [0.29, 0.717) is 24.1 Å². The van der Waals surface area contributed by atoms with E-state index in [0.717, 1.165) is 25.9 Å². The highest BCUT2D eigenvalue weighted by molar-refractivity contribution is 5.94. The number of hydrogen-bond donors (Lipinski definition) is 1. The molecule has 2 rings (SSSR count). The first-order valence-electron chi connectivity index (χ1n) is 7.76. The largest absolute Gasteiger partial charge is 0.338 e. The topological polar surface area (TPSA) is 32.3 Å². The van der Waals surface area contributed by atoms with Crippen LogP contribution < -0.4 is 5.32 Å². The Morgan fingerprint density at radius 2 is 2.24 bits per heavy atom. The van der Waals surface area contributed by atoms with E-state index in [9.17, 15) is 9.18 Å². The molecule has 4 heteroatoms. The fourth-order valence-electron chi connectivity index (χ4n) is 2.80. The van der Waals surface area contributed by atoms with Crippen molar-refractivity contribution < 1.29 is 9.18 Å². The maximum Gasteiger partial charge on any atom is 0.256 e. The lowest BCUT2D eigenvalue weighted by Crippen LogP contribution is -2.44. The molecular weight excluding hydrogens is 267 g/mol. The number of benzene rings is 1. The summed E-state index contributed by atoms with van der Waals surface area (Å²) < 4.78 is 14.1. The van der Waals surface area contributed by atoms with Gasteiger partial charge in [-0.15, -0.1) is 0 Å². The zero-order chi connectivity index (χ0) is 15.4. The lowest BCUT2D eigenvalue weighted by atomic mass is 9.96. The molecule has 1 aromatic rings. The highest BCUT2D eigenvalue weighted by Crippen LogP contribution is 2.20.